The zero-order valence-corrected chi connectivity index (χ0v) is 15.0. The van der Waals surface area contributed by atoms with Gasteiger partial charge >= 0.3 is 12.4 Å². The third-order valence-electron chi connectivity index (χ3n) is 3.28. The maximum atomic E-state index is 14.2. The van der Waals surface area contributed by atoms with Gasteiger partial charge in [-0.05, 0) is 45.9 Å². The molecule has 0 radical (unpaired) electrons. The molecule has 0 N–H and O–H groups in total. The SMILES string of the molecule is Fc1ccc(SSc2ccc(F)c(CC(F)(F)F)c2F)c(F)c1CC(F)(F)F. The van der Waals surface area contributed by atoms with Gasteiger partial charge in [0.15, 0.2) is 0 Å². The highest BCUT2D eigenvalue weighted by Gasteiger charge is 2.33. The summed E-state index contributed by atoms with van der Waals surface area (Å²) in [6.07, 6.45) is -13.5. The summed E-state index contributed by atoms with van der Waals surface area (Å²) in [4.78, 5) is -0.988. The molecule has 0 nitrogen and oxygen atoms in total. The molecule has 2 aromatic rings. The van der Waals surface area contributed by atoms with Gasteiger partial charge < -0.3 is 0 Å². The van der Waals surface area contributed by atoms with E-state index in [-0.39, 0.29) is 0 Å². The predicted octanol–water partition coefficient (Wildman–Crippen LogP) is 7.25. The summed E-state index contributed by atoms with van der Waals surface area (Å²) < 4.78 is 130. The van der Waals surface area contributed by atoms with E-state index in [2.05, 4.69) is 0 Å². The highest BCUT2D eigenvalue weighted by molar-refractivity contribution is 8.76. The van der Waals surface area contributed by atoms with Crippen molar-refractivity contribution in [3.05, 3.63) is 58.7 Å². The highest BCUT2D eigenvalue weighted by Crippen LogP contribution is 2.42. The van der Waals surface area contributed by atoms with Crippen LogP contribution in [0.25, 0.3) is 0 Å². The molecule has 2 rings (SSSR count). The van der Waals surface area contributed by atoms with Gasteiger partial charge in [0.2, 0.25) is 0 Å². The van der Waals surface area contributed by atoms with Crippen LogP contribution in [0.2, 0.25) is 0 Å². The van der Waals surface area contributed by atoms with Crippen LogP contribution in [-0.2, 0) is 12.8 Å². The first-order valence-electron chi connectivity index (χ1n) is 7.20. The third-order valence-corrected chi connectivity index (χ3v) is 5.68. The molecule has 0 spiro atoms. The molecule has 0 aliphatic carbocycles. The summed E-state index contributed by atoms with van der Waals surface area (Å²) in [6.45, 7) is 0. The Labute approximate surface area is 159 Å². The average Bonchev–Trinajstić information content (AvgIpc) is 2.54. The maximum Gasteiger partial charge on any atom is 0.393 e. The molecule has 0 fully saturated rings. The van der Waals surface area contributed by atoms with E-state index in [4.69, 9.17) is 0 Å². The molecule has 12 heteroatoms. The number of hydrogen-bond acceptors (Lipinski definition) is 2. The van der Waals surface area contributed by atoms with Gasteiger partial charge in [0.25, 0.3) is 0 Å². The second-order valence-corrected chi connectivity index (χ2v) is 7.64. The minimum Gasteiger partial charge on any atom is -0.207 e. The normalized spacial score (nSPS) is 12.5. The van der Waals surface area contributed by atoms with Gasteiger partial charge in [0.05, 0.1) is 22.6 Å². The molecule has 0 aliphatic heterocycles. The summed E-state index contributed by atoms with van der Waals surface area (Å²) in [5.74, 6) is -5.89. The summed E-state index contributed by atoms with van der Waals surface area (Å²) in [7, 11) is 0.719. The van der Waals surface area contributed by atoms with Crippen molar-refractivity contribution in [2.24, 2.45) is 0 Å². The standard InChI is InChI=1S/C16H8F10S2/c17-9-1-3-11(13(19)7(9)5-15(21,22)23)27-28-12-4-2-10(18)8(14(12)20)6-16(24,25)26/h1-4H,5-6H2. The topological polar surface area (TPSA) is 0 Å². The van der Waals surface area contributed by atoms with Gasteiger partial charge in [-0.1, -0.05) is 0 Å². The summed E-state index contributed by atoms with van der Waals surface area (Å²) >= 11 is 0. The molecule has 0 unspecified atom stereocenters. The Morgan fingerprint density at radius 1 is 0.571 bits per heavy atom. The Morgan fingerprint density at radius 2 is 0.893 bits per heavy atom. The fraction of sp³-hybridized carbons (Fsp3) is 0.250. The van der Waals surface area contributed by atoms with Crippen LogP contribution in [-0.4, -0.2) is 12.4 Å². The van der Waals surface area contributed by atoms with Crippen LogP contribution in [0.15, 0.2) is 34.1 Å². The predicted molar refractivity (Wildman–Crippen MR) is 83.9 cm³/mol. The van der Waals surface area contributed by atoms with Crippen molar-refractivity contribution in [3.8, 4) is 0 Å². The van der Waals surface area contributed by atoms with E-state index in [0.29, 0.717) is 33.7 Å². The molecule has 28 heavy (non-hydrogen) atoms. The second kappa shape index (κ2) is 8.44. The number of halogens is 10. The van der Waals surface area contributed by atoms with Crippen molar-refractivity contribution < 1.29 is 43.9 Å². The first kappa shape index (κ1) is 22.7. The number of alkyl halides is 6. The Bertz CT molecular complexity index is 786. The van der Waals surface area contributed by atoms with Crippen molar-refractivity contribution >= 4 is 21.6 Å². The smallest absolute Gasteiger partial charge is 0.207 e. The lowest BCUT2D eigenvalue weighted by Gasteiger charge is -2.13. The van der Waals surface area contributed by atoms with Gasteiger partial charge in [-0.25, -0.2) is 17.6 Å². The van der Waals surface area contributed by atoms with Gasteiger partial charge in [0.1, 0.15) is 23.3 Å². The van der Waals surface area contributed by atoms with Crippen LogP contribution in [0.1, 0.15) is 11.1 Å². The largest absolute Gasteiger partial charge is 0.393 e. The highest BCUT2D eigenvalue weighted by atomic mass is 33.1. The monoisotopic (exact) mass is 454 g/mol. The lowest BCUT2D eigenvalue weighted by atomic mass is 10.1. The Kier molecular flexibility index (Phi) is 6.85. The number of benzene rings is 2. The average molecular weight is 454 g/mol. The lowest BCUT2D eigenvalue weighted by molar-refractivity contribution is -0.129. The zero-order valence-electron chi connectivity index (χ0n) is 13.3. The van der Waals surface area contributed by atoms with E-state index < -0.39 is 69.4 Å². The van der Waals surface area contributed by atoms with E-state index in [9.17, 15) is 43.9 Å². The maximum absolute atomic E-state index is 14.2. The van der Waals surface area contributed by atoms with E-state index in [1.54, 1.807) is 0 Å². The molecule has 0 atom stereocenters. The van der Waals surface area contributed by atoms with Gasteiger partial charge in [0, 0.05) is 11.1 Å². The third kappa shape index (κ3) is 5.97. The van der Waals surface area contributed by atoms with Crippen molar-refractivity contribution in [1.29, 1.82) is 0 Å². The van der Waals surface area contributed by atoms with Crippen molar-refractivity contribution in [3.63, 3.8) is 0 Å². The molecule has 0 aliphatic rings. The van der Waals surface area contributed by atoms with Crippen LogP contribution >= 0.6 is 21.6 Å². The van der Waals surface area contributed by atoms with Crippen molar-refractivity contribution in [2.45, 2.75) is 35.0 Å². The van der Waals surface area contributed by atoms with Crippen LogP contribution in [0.4, 0.5) is 43.9 Å². The molecule has 0 heterocycles. The second-order valence-electron chi connectivity index (χ2n) is 5.43. The molecule has 0 aromatic heterocycles. The van der Waals surface area contributed by atoms with Crippen LogP contribution in [0.3, 0.4) is 0 Å². The summed E-state index contributed by atoms with van der Waals surface area (Å²) in [5.41, 5.74) is -2.48. The van der Waals surface area contributed by atoms with Gasteiger partial charge in [-0.3, -0.25) is 0 Å². The number of hydrogen-bond donors (Lipinski definition) is 0. The fourth-order valence-electron chi connectivity index (χ4n) is 2.10. The fourth-order valence-corrected chi connectivity index (χ4v) is 4.23. The Hall–Kier alpha value is -1.56. The molecule has 0 amide bonds. The molecule has 0 saturated heterocycles. The van der Waals surface area contributed by atoms with E-state index in [1.165, 1.54) is 0 Å². The molecule has 2 aromatic carbocycles. The summed E-state index contributed by atoms with van der Waals surface area (Å²) in [5, 5.41) is 0. The zero-order chi connectivity index (χ0) is 21.3. The molecular formula is C16H8F10S2. The molecule has 154 valence electrons. The first-order chi connectivity index (χ1) is 12.8. The van der Waals surface area contributed by atoms with E-state index >= 15 is 0 Å². The van der Waals surface area contributed by atoms with Crippen LogP contribution in [0.5, 0.6) is 0 Å². The minimum absolute atomic E-state index is 0.360. The van der Waals surface area contributed by atoms with Crippen LogP contribution in [0, 0.1) is 23.3 Å². The Balaban J connectivity index is 2.28. The van der Waals surface area contributed by atoms with Crippen molar-refractivity contribution in [1.82, 2.24) is 0 Å². The van der Waals surface area contributed by atoms with E-state index in [0.717, 1.165) is 12.1 Å². The first-order valence-corrected chi connectivity index (χ1v) is 9.35. The van der Waals surface area contributed by atoms with Gasteiger partial charge in [-0.2, -0.15) is 26.3 Å². The summed E-state index contributed by atoms with van der Waals surface area (Å²) in [6, 6.07) is 2.78. The van der Waals surface area contributed by atoms with Crippen molar-refractivity contribution in [2.75, 3.05) is 0 Å². The minimum atomic E-state index is -4.88. The lowest BCUT2D eigenvalue weighted by Crippen LogP contribution is -2.15. The Morgan fingerprint density at radius 3 is 1.18 bits per heavy atom. The molecule has 0 saturated carbocycles. The molecule has 0 bridgehead atoms. The van der Waals surface area contributed by atoms with Crippen LogP contribution < -0.4 is 0 Å². The number of rotatable bonds is 5. The van der Waals surface area contributed by atoms with E-state index in [1.807, 2.05) is 0 Å². The molecular weight excluding hydrogens is 446 g/mol. The van der Waals surface area contributed by atoms with Gasteiger partial charge in [-0.15, -0.1) is 0 Å². The quantitative estimate of drug-likeness (QED) is 0.345.